The van der Waals surface area contributed by atoms with Crippen LogP contribution in [0.1, 0.15) is 17.5 Å². The van der Waals surface area contributed by atoms with Crippen LogP contribution in [0, 0.1) is 6.92 Å². The van der Waals surface area contributed by atoms with Crippen LogP contribution in [0.25, 0.3) is 0 Å². The molecule has 0 radical (unpaired) electrons. The summed E-state index contributed by atoms with van der Waals surface area (Å²) in [5.41, 5.74) is 1.92. The van der Waals surface area contributed by atoms with Crippen molar-refractivity contribution in [2.24, 2.45) is 0 Å². The fourth-order valence-electron chi connectivity index (χ4n) is 1.41. The molecule has 1 rings (SSSR count). The summed E-state index contributed by atoms with van der Waals surface area (Å²) in [6.07, 6.45) is 1.67. The van der Waals surface area contributed by atoms with Crippen molar-refractivity contribution in [1.82, 2.24) is 0 Å². The maximum Gasteiger partial charge on any atom is 0.227 e. The molecular formula is C10H13BrO2S2. The zero-order chi connectivity index (χ0) is 11.5. The van der Waals surface area contributed by atoms with Gasteiger partial charge in [0, 0.05) is 5.33 Å². The molecule has 0 bridgehead atoms. The van der Waals surface area contributed by atoms with Gasteiger partial charge < -0.3 is 0 Å². The molecule has 0 aromatic heterocycles. The Hall–Kier alpha value is -0.000000000000000111. The highest BCUT2D eigenvalue weighted by atomic mass is 79.9. The van der Waals surface area contributed by atoms with Gasteiger partial charge in [-0.1, -0.05) is 33.6 Å². The number of hydrogen-bond acceptors (Lipinski definition) is 2. The predicted molar refractivity (Wildman–Crippen MR) is 69.5 cm³/mol. The first kappa shape index (κ1) is 13.1. The molecule has 5 heteroatoms. The molecular weight excluding hydrogens is 296 g/mol. The van der Waals surface area contributed by atoms with Gasteiger partial charge in [0.25, 0.3) is 0 Å². The van der Waals surface area contributed by atoms with E-state index in [-0.39, 0.29) is 0 Å². The van der Waals surface area contributed by atoms with Crippen LogP contribution in [0.5, 0.6) is 0 Å². The van der Waals surface area contributed by atoms with Crippen molar-refractivity contribution in [1.29, 1.82) is 0 Å². The SMILES string of the molecule is Cc1ccc(S(=O)(=O)S)c(CCCBr)c1. The normalized spacial score (nSPS) is 11.7. The highest BCUT2D eigenvalue weighted by molar-refractivity contribution is 9.09. The lowest BCUT2D eigenvalue weighted by Gasteiger charge is -2.07. The lowest BCUT2D eigenvalue weighted by Crippen LogP contribution is -1.99. The summed E-state index contributed by atoms with van der Waals surface area (Å²) < 4.78 is 22.8. The van der Waals surface area contributed by atoms with Crippen molar-refractivity contribution in [3.63, 3.8) is 0 Å². The minimum atomic E-state index is -3.40. The Morgan fingerprint density at radius 3 is 2.60 bits per heavy atom. The van der Waals surface area contributed by atoms with Crippen molar-refractivity contribution in [3.8, 4) is 0 Å². The van der Waals surface area contributed by atoms with E-state index in [1.807, 2.05) is 13.0 Å². The summed E-state index contributed by atoms with van der Waals surface area (Å²) in [7, 11) is -3.40. The first-order valence-corrected chi connectivity index (χ1v) is 8.24. The third kappa shape index (κ3) is 3.81. The van der Waals surface area contributed by atoms with Crippen molar-refractivity contribution in [3.05, 3.63) is 29.3 Å². The van der Waals surface area contributed by atoms with Crippen LogP contribution in [0.4, 0.5) is 0 Å². The van der Waals surface area contributed by atoms with E-state index < -0.39 is 8.87 Å². The van der Waals surface area contributed by atoms with Gasteiger partial charge in [0.05, 0.1) is 4.90 Å². The fourth-order valence-corrected chi connectivity index (χ4v) is 2.96. The molecule has 2 nitrogen and oxygen atoms in total. The number of aryl methyl sites for hydroxylation is 2. The van der Waals surface area contributed by atoms with Gasteiger partial charge in [-0.3, -0.25) is 0 Å². The van der Waals surface area contributed by atoms with Gasteiger partial charge >= 0.3 is 0 Å². The van der Waals surface area contributed by atoms with Gasteiger partial charge in [0.1, 0.15) is 0 Å². The van der Waals surface area contributed by atoms with E-state index >= 15 is 0 Å². The first-order valence-electron chi connectivity index (χ1n) is 4.58. The molecule has 0 spiro atoms. The second-order valence-electron chi connectivity index (χ2n) is 3.38. The average molecular weight is 309 g/mol. The Morgan fingerprint density at radius 2 is 2.07 bits per heavy atom. The third-order valence-corrected chi connectivity index (χ3v) is 4.18. The minimum Gasteiger partial charge on any atom is -0.212 e. The molecule has 0 atom stereocenters. The highest BCUT2D eigenvalue weighted by Gasteiger charge is 2.13. The molecule has 0 aliphatic carbocycles. The van der Waals surface area contributed by atoms with Crippen LogP contribution < -0.4 is 0 Å². The van der Waals surface area contributed by atoms with E-state index in [9.17, 15) is 8.42 Å². The summed E-state index contributed by atoms with van der Waals surface area (Å²) in [5.74, 6) is 0. The van der Waals surface area contributed by atoms with Crippen LogP contribution in [-0.4, -0.2) is 13.7 Å². The fraction of sp³-hybridized carbons (Fsp3) is 0.400. The molecule has 1 aromatic rings. The molecule has 0 unspecified atom stereocenters. The van der Waals surface area contributed by atoms with E-state index in [1.165, 1.54) is 0 Å². The van der Waals surface area contributed by atoms with Crippen LogP contribution >= 0.6 is 27.6 Å². The van der Waals surface area contributed by atoms with Crippen LogP contribution in [0.15, 0.2) is 23.1 Å². The molecule has 0 heterocycles. The monoisotopic (exact) mass is 308 g/mol. The summed E-state index contributed by atoms with van der Waals surface area (Å²) >= 11 is 6.96. The summed E-state index contributed by atoms with van der Waals surface area (Å²) in [6, 6.07) is 5.33. The number of halogens is 1. The summed E-state index contributed by atoms with van der Waals surface area (Å²) in [4.78, 5) is 0.331. The summed E-state index contributed by atoms with van der Waals surface area (Å²) in [6.45, 7) is 1.95. The Bertz CT molecular complexity index is 441. The molecule has 0 saturated heterocycles. The molecule has 0 saturated carbocycles. The maximum absolute atomic E-state index is 11.4. The second-order valence-corrected chi connectivity index (χ2v) is 7.00. The summed E-state index contributed by atoms with van der Waals surface area (Å²) in [5, 5.41) is 0.868. The molecule has 0 N–H and O–H groups in total. The number of thiol groups is 1. The standard InChI is InChI=1S/C10H13BrO2S2/c1-8-4-5-10(15(12,13)14)9(7-8)3-2-6-11/h4-5,7H,2-3,6H2,1H3,(H,12,13,14). The average Bonchev–Trinajstić information content (AvgIpc) is 2.12. The van der Waals surface area contributed by atoms with Crippen LogP contribution in [0.3, 0.4) is 0 Å². The van der Waals surface area contributed by atoms with Gasteiger partial charge in [0.2, 0.25) is 8.87 Å². The third-order valence-electron chi connectivity index (χ3n) is 2.07. The van der Waals surface area contributed by atoms with Crippen molar-refractivity contribution < 1.29 is 8.42 Å². The molecule has 15 heavy (non-hydrogen) atoms. The quantitative estimate of drug-likeness (QED) is 0.527. The van der Waals surface area contributed by atoms with Crippen LogP contribution in [0.2, 0.25) is 0 Å². The Kier molecular flexibility index (Phi) is 4.67. The minimum absolute atomic E-state index is 0.331. The van der Waals surface area contributed by atoms with E-state index in [4.69, 9.17) is 0 Å². The van der Waals surface area contributed by atoms with Crippen molar-refractivity contribution in [2.75, 3.05) is 5.33 Å². The topological polar surface area (TPSA) is 34.1 Å². The smallest absolute Gasteiger partial charge is 0.212 e. The molecule has 0 aliphatic heterocycles. The lowest BCUT2D eigenvalue weighted by atomic mass is 10.1. The Labute approximate surface area is 104 Å². The van der Waals surface area contributed by atoms with Gasteiger partial charge in [-0.05, 0) is 43.1 Å². The number of alkyl halides is 1. The van der Waals surface area contributed by atoms with Crippen molar-refractivity contribution in [2.45, 2.75) is 24.7 Å². The lowest BCUT2D eigenvalue weighted by molar-refractivity contribution is 0.609. The van der Waals surface area contributed by atoms with Gasteiger partial charge in [0.15, 0.2) is 0 Å². The second kappa shape index (κ2) is 5.37. The Balaban J connectivity index is 3.15. The van der Waals surface area contributed by atoms with E-state index in [1.54, 1.807) is 12.1 Å². The largest absolute Gasteiger partial charge is 0.227 e. The zero-order valence-electron chi connectivity index (χ0n) is 8.40. The van der Waals surface area contributed by atoms with Crippen LogP contribution in [-0.2, 0) is 15.3 Å². The zero-order valence-corrected chi connectivity index (χ0v) is 11.7. The molecule has 0 amide bonds. The van der Waals surface area contributed by atoms with Gasteiger partial charge in [-0.25, -0.2) is 8.42 Å². The van der Waals surface area contributed by atoms with E-state index in [0.717, 1.165) is 29.3 Å². The number of benzene rings is 1. The highest BCUT2D eigenvalue weighted by Crippen LogP contribution is 2.22. The van der Waals surface area contributed by atoms with Crippen molar-refractivity contribution >= 4 is 36.5 Å². The number of hydrogen-bond donors (Lipinski definition) is 1. The Morgan fingerprint density at radius 1 is 1.40 bits per heavy atom. The predicted octanol–water partition coefficient (Wildman–Crippen LogP) is 2.94. The molecule has 84 valence electrons. The maximum atomic E-state index is 11.4. The van der Waals surface area contributed by atoms with Gasteiger partial charge in [-0.2, -0.15) is 0 Å². The number of rotatable bonds is 4. The molecule has 0 fully saturated rings. The molecule has 0 aliphatic rings. The molecule has 1 aromatic carbocycles. The van der Waals surface area contributed by atoms with Gasteiger partial charge in [-0.15, -0.1) is 0 Å². The van der Waals surface area contributed by atoms with E-state index in [0.29, 0.717) is 4.90 Å². The van der Waals surface area contributed by atoms with E-state index in [2.05, 4.69) is 27.6 Å². The first-order chi connectivity index (χ1) is 6.95.